The summed E-state index contributed by atoms with van der Waals surface area (Å²) in [6, 6.07) is 4.48. The van der Waals surface area contributed by atoms with Crippen molar-refractivity contribution in [2.45, 2.75) is 32.9 Å². The van der Waals surface area contributed by atoms with Gasteiger partial charge in [0, 0.05) is 24.2 Å². The first kappa shape index (κ1) is 17.4. The molecule has 1 unspecified atom stereocenters. The third kappa shape index (κ3) is 3.86. The summed E-state index contributed by atoms with van der Waals surface area (Å²) in [6.45, 7) is 5.22. The highest BCUT2D eigenvalue weighted by molar-refractivity contribution is 5.93. The number of nitrogens with one attached hydrogen (secondary N) is 1. The van der Waals surface area contributed by atoms with Crippen molar-refractivity contribution < 1.29 is 18.8 Å². The first-order valence-corrected chi connectivity index (χ1v) is 7.24. The van der Waals surface area contributed by atoms with Crippen LogP contribution in [0.25, 0.3) is 0 Å². The maximum Gasteiger partial charge on any atom is 0.311 e. The second kappa shape index (κ2) is 7.07. The zero-order valence-electron chi connectivity index (χ0n) is 13.4. The number of nitrogens with zero attached hydrogens (tertiary/aromatic N) is 3. The Morgan fingerprint density at radius 1 is 1.38 bits per heavy atom. The predicted octanol–water partition coefficient (Wildman–Crippen LogP) is 2.92. The van der Waals surface area contributed by atoms with E-state index in [0.717, 1.165) is 18.2 Å². The minimum absolute atomic E-state index is 0.0378. The van der Waals surface area contributed by atoms with Gasteiger partial charge in [-0.05, 0) is 26.8 Å². The SMILES string of the molecule is CC(Oc1cc(F)ccc1[N+](=O)[O-])C(=O)Nc1ccnn1C(C)C. The van der Waals surface area contributed by atoms with E-state index in [1.807, 2.05) is 13.8 Å². The third-order valence-corrected chi connectivity index (χ3v) is 3.20. The molecule has 9 heteroatoms. The Balaban J connectivity index is 2.13. The number of nitro benzene ring substituents is 1. The van der Waals surface area contributed by atoms with Crippen LogP contribution >= 0.6 is 0 Å². The molecule has 0 bridgehead atoms. The van der Waals surface area contributed by atoms with E-state index in [1.165, 1.54) is 6.92 Å². The summed E-state index contributed by atoms with van der Waals surface area (Å²) in [6.07, 6.45) is 0.472. The molecule has 0 aliphatic rings. The molecule has 1 heterocycles. The molecule has 1 aromatic carbocycles. The number of ether oxygens (including phenoxy) is 1. The lowest BCUT2D eigenvalue weighted by Crippen LogP contribution is -2.31. The summed E-state index contributed by atoms with van der Waals surface area (Å²) in [5.41, 5.74) is -0.414. The normalized spacial score (nSPS) is 12.0. The van der Waals surface area contributed by atoms with Gasteiger partial charge in [0.1, 0.15) is 11.6 Å². The largest absolute Gasteiger partial charge is 0.474 e. The monoisotopic (exact) mass is 336 g/mol. The minimum Gasteiger partial charge on any atom is -0.474 e. The first-order chi connectivity index (χ1) is 11.3. The molecule has 2 aromatic rings. The fraction of sp³-hybridized carbons (Fsp3) is 0.333. The molecule has 2 rings (SSSR count). The summed E-state index contributed by atoms with van der Waals surface area (Å²) in [7, 11) is 0. The van der Waals surface area contributed by atoms with Gasteiger partial charge in [-0.1, -0.05) is 0 Å². The molecule has 0 saturated carbocycles. The van der Waals surface area contributed by atoms with Crippen molar-refractivity contribution >= 4 is 17.4 Å². The lowest BCUT2D eigenvalue weighted by atomic mass is 10.2. The van der Waals surface area contributed by atoms with Gasteiger partial charge in [0.15, 0.2) is 6.10 Å². The highest BCUT2D eigenvalue weighted by Gasteiger charge is 2.22. The molecule has 0 saturated heterocycles. The minimum atomic E-state index is -1.07. The molecule has 0 aliphatic heterocycles. The van der Waals surface area contributed by atoms with Gasteiger partial charge in [-0.2, -0.15) is 5.10 Å². The molecule has 0 aliphatic carbocycles. The van der Waals surface area contributed by atoms with E-state index in [1.54, 1.807) is 16.9 Å². The Morgan fingerprint density at radius 2 is 2.08 bits per heavy atom. The van der Waals surface area contributed by atoms with E-state index in [9.17, 15) is 19.3 Å². The van der Waals surface area contributed by atoms with Gasteiger partial charge in [0.25, 0.3) is 5.91 Å². The number of carbonyl (C=O) groups is 1. The van der Waals surface area contributed by atoms with Crippen molar-refractivity contribution in [1.82, 2.24) is 9.78 Å². The molecule has 1 amide bonds. The number of carbonyl (C=O) groups excluding carboxylic acids is 1. The van der Waals surface area contributed by atoms with Gasteiger partial charge in [-0.25, -0.2) is 9.07 Å². The number of benzene rings is 1. The van der Waals surface area contributed by atoms with Gasteiger partial charge < -0.3 is 10.1 Å². The van der Waals surface area contributed by atoms with E-state index in [2.05, 4.69) is 10.4 Å². The molecule has 1 N–H and O–H groups in total. The predicted molar refractivity (Wildman–Crippen MR) is 84.4 cm³/mol. The summed E-state index contributed by atoms with van der Waals surface area (Å²) in [5, 5.41) is 17.7. The Kier molecular flexibility index (Phi) is 5.12. The Morgan fingerprint density at radius 3 is 2.71 bits per heavy atom. The molecule has 0 fully saturated rings. The molecule has 128 valence electrons. The number of hydrogen-bond donors (Lipinski definition) is 1. The van der Waals surface area contributed by atoms with Crippen LogP contribution < -0.4 is 10.1 Å². The fourth-order valence-electron chi connectivity index (χ4n) is 2.03. The lowest BCUT2D eigenvalue weighted by molar-refractivity contribution is -0.386. The summed E-state index contributed by atoms with van der Waals surface area (Å²) >= 11 is 0. The number of halogens is 1. The van der Waals surface area contributed by atoms with Crippen LogP contribution in [0.5, 0.6) is 5.75 Å². The zero-order chi connectivity index (χ0) is 17.9. The van der Waals surface area contributed by atoms with Crippen molar-refractivity contribution in [3.05, 3.63) is 46.4 Å². The maximum absolute atomic E-state index is 13.3. The van der Waals surface area contributed by atoms with Crippen LogP contribution in [0.2, 0.25) is 0 Å². The smallest absolute Gasteiger partial charge is 0.311 e. The number of rotatable bonds is 6. The van der Waals surface area contributed by atoms with Crippen LogP contribution in [0.3, 0.4) is 0 Å². The van der Waals surface area contributed by atoms with E-state index in [4.69, 9.17) is 4.74 Å². The fourth-order valence-corrected chi connectivity index (χ4v) is 2.03. The average molecular weight is 336 g/mol. The summed E-state index contributed by atoms with van der Waals surface area (Å²) in [4.78, 5) is 22.5. The van der Waals surface area contributed by atoms with Gasteiger partial charge >= 0.3 is 5.69 Å². The molecule has 0 radical (unpaired) electrons. The van der Waals surface area contributed by atoms with E-state index < -0.39 is 28.4 Å². The average Bonchev–Trinajstić information content (AvgIpc) is 2.95. The zero-order valence-corrected chi connectivity index (χ0v) is 13.4. The lowest BCUT2D eigenvalue weighted by Gasteiger charge is -2.16. The number of hydrogen-bond acceptors (Lipinski definition) is 5. The Labute approximate surface area is 137 Å². The van der Waals surface area contributed by atoms with Gasteiger partial charge in [0.05, 0.1) is 11.1 Å². The molecule has 24 heavy (non-hydrogen) atoms. The standard InChI is InChI=1S/C15H17FN4O4/c1-9(2)19-14(6-7-17-19)18-15(21)10(3)24-13-8-11(16)4-5-12(13)20(22)23/h4-10H,1-3H3,(H,18,21). The van der Waals surface area contributed by atoms with Crippen LogP contribution in [-0.2, 0) is 4.79 Å². The Bertz CT molecular complexity index is 760. The quantitative estimate of drug-likeness (QED) is 0.646. The second-order valence-electron chi connectivity index (χ2n) is 5.37. The highest BCUT2D eigenvalue weighted by atomic mass is 19.1. The van der Waals surface area contributed by atoms with Crippen LogP contribution in [0.15, 0.2) is 30.5 Å². The van der Waals surface area contributed by atoms with Crippen molar-refractivity contribution in [3.8, 4) is 5.75 Å². The number of aromatic nitrogens is 2. The molecular weight excluding hydrogens is 319 g/mol. The van der Waals surface area contributed by atoms with Crippen molar-refractivity contribution in [2.24, 2.45) is 0 Å². The van der Waals surface area contributed by atoms with Crippen molar-refractivity contribution in [1.29, 1.82) is 0 Å². The van der Waals surface area contributed by atoms with Gasteiger partial charge in [0.2, 0.25) is 5.75 Å². The number of anilines is 1. The first-order valence-electron chi connectivity index (χ1n) is 7.24. The van der Waals surface area contributed by atoms with Gasteiger partial charge in [-0.3, -0.25) is 14.9 Å². The van der Waals surface area contributed by atoms with Crippen LogP contribution in [0, 0.1) is 15.9 Å². The molecule has 8 nitrogen and oxygen atoms in total. The number of amides is 1. The second-order valence-corrected chi connectivity index (χ2v) is 5.37. The van der Waals surface area contributed by atoms with Crippen LogP contribution in [0.4, 0.5) is 15.9 Å². The molecule has 0 spiro atoms. The Hall–Kier alpha value is -2.97. The number of nitro groups is 1. The molecular formula is C15H17FN4O4. The third-order valence-electron chi connectivity index (χ3n) is 3.20. The van der Waals surface area contributed by atoms with Crippen molar-refractivity contribution in [3.63, 3.8) is 0 Å². The van der Waals surface area contributed by atoms with Crippen LogP contribution in [-0.4, -0.2) is 26.7 Å². The summed E-state index contributed by atoms with van der Waals surface area (Å²) < 4.78 is 20.2. The van der Waals surface area contributed by atoms with E-state index >= 15 is 0 Å². The van der Waals surface area contributed by atoms with E-state index in [0.29, 0.717) is 5.82 Å². The molecule has 1 atom stereocenters. The van der Waals surface area contributed by atoms with E-state index in [-0.39, 0.29) is 11.8 Å². The maximum atomic E-state index is 13.3. The topological polar surface area (TPSA) is 99.3 Å². The van der Waals surface area contributed by atoms with Crippen LogP contribution in [0.1, 0.15) is 26.8 Å². The highest BCUT2D eigenvalue weighted by Crippen LogP contribution is 2.28. The molecule has 1 aromatic heterocycles. The van der Waals surface area contributed by atoms with Gasteiger partial charge in [-0.15, -0.1) is 0 Å². The summed E-state index contributed by atoms with van der Waals surface area (Å²) in [5.74, 6) is -1.06. The van der Waals surface area contributed by atoms with Crippen molar-refractivity contribution in [2.75, 3.05) is 5.32 Å².